The third-order valence-corrected chi connectivity index (χ3v) is 3.07. The molecule has 1 saturated heterocycles. The highest BCUT2D eigenvalue weighted by Crippen LogP contribution is 2.21. The van der Waals surface area contributed by atoms with Crippen LogP contribution >= 0.6 is 0 Å². The van der Waals surface area contributed by atoms with E-state index in [4.69, 9.17) is 0 Å². The van der Waals surface area contributed by atoms with Crippen molar-refractivity contribution in [3.8, 4) is 0 Å². The van der Waals surface area contributed by atoms with Crippen LogP contribution in [0.15, 0.2) is 0 Å². The first-order valence-corrected chi connectivity index (χ1v) is 5.60. The number of nitrogens with zero attached hydrogens (tertiary/aromatic N) is 1. The van der Waals surface area contributed by atoms with Gasteiger partial charge in [-0.05, 0) is 27.3 Å². The quantitative estimate of drug-likeness (QED) is 0.685. The molecule has 0 aromatic heterocycles. The van der Waals surface area contributed by atoms with Crippen molar-refractivity contribution < 1.29 is 9.59 Å². The molecule has 1 rings (SSSR count). The van der Waals surface area contributed by atoms with E-state index < -0.39 is 5.41 Å². The van der Waals surface area contributed by atoms with Crippen LogP contribution in [-0.4, -0.2) is 49.9 Å². The molecule has 5 heteroatoms. The molecular weight excluding hydrogens is 206 g/mol. The van der Waals surface area contributed by atoms with E-state index in [1.807, 2.05) is 13.8 Å². The summed E-state index contributed by atoms with van der Waals surface area (Å²) in [7, 11) is 3.41. The summed E-state index contributed by atoms with van der Waals surface area (Å²) in [6, 6.07) is -0.0829. The number of likely N-dealkylation sites (tertiary alicyclic amines) is 1. The molecule has 1 atom stereocenters. The molecule has 5 nitrogen and oxygen atoms in total. The molecule has 92 valence electrons. The van der Waals surface area contributed by atoms with Crippen molar-refractivity contribution >= 4 is 11.8 Å². The Bertz CT molecular complexity index is 289. The van der Waals surface area contributed by atoms with Gasteiger partial charge in [-0.1, -0.05) is 0 Å². The van der Waals surface area contributed by atoms with Crippen molar-refractivity contribution in [3.63, 3.8) is 0 Å². The molecule has 1 aliphatic heterocycles. The van der Waals surface area contributed by atoms with Crippen LogP contribution in [0.5, 0.6) is 0 Å². The van der Waals surface area contributed by atoms with Crippen LogP contribution in [0.2, 0.25) is 0 Å². The normalized spacial score (nSPS) is 21.4. The number of rotatable bonds is 4. The Morgan fingerprint density at radius 1 is 1.50 bits per heavy atom. The molecule has 0 aromatic rings. The zero-order valence-electron chi connectivity index (χ0n) is 10.5. The fraction of sp³-hybridized carbons (Fsp3) is 0.818. The largest absolute Gasteiger partial charge is 0.359 e. The topological polar surface area (TPSA) is 61.4 Å². The summed E-state index contributed by atoms with van der Waals surface area (Å²) in [6.07, 6.45) is 0.819. The molecule has 0 aliphatic carbocycles. The van der Waals surface area contributed by atoms with E-state index in [-0.39, 0.29) is 17.9 Å². The average molecular weight is 227 g/mol. The molecule has 1 heterocycles. The highest BCUT2D eigenvalue weighted by atomic mass is 16.2. The maximum Gasteiger partial charge on any atom is 0.239 e. The Kier molecular flexibility index (Phi) is 3.91. The third kappa shape index (κ3) is 2.52. The second kappa shape index (κ2) is 4.82. The number of likely N-dealkylation sites (N-methyl/N-ethyl adjacent to an activating group) is 1. The SMILES string of the molecule is CNC(=O)C(C)(C)CN1CCC(NC)C1=O. The van der Waals surface area contributed by atoms with Gasteiger partial charge in [-0.2, -0.15) is 0 Å². The lowest BCUT2D eigenvalue weighted by molar-refractivity contribution is -0.134. The van der Waals surface area contributed by atoms with Gasteiger partial charge in [0.2, 0.25) is 11.8 Å². The Hall–Kier alpha value is -1.10. The lowest BCUT2D eigenvalue weighted by Gasteiger charge is -2.28. The second-order valence-corrected chi connectivity index (χ2v) is 4.85. The van der Waals surface area contributed by atoms with Crippen molar-refractivity contribution in [2.75, 3.05) is 27.2 Å². The standard InChI is InChI=1S/C11H21N3O2/c1-11(2,10(16)13-4)7-14-6-5-8(12-3)9(14)15/h8,12H,5-7H2,1-4H3,(H,13,16). The van der Waals surface area contributed by atoms with Gasteiger partial charge in [0, 0.05) is 20.1 Å². The van der Waals surface area contributed by atoms with Gasteiger partial charge in [-0.3, -0.25) is 9.59 Å². The minimum atomic E-state index is -0.535. The number of carbonyl (C=O) groups is 2. The fourth-order valence-corrected chi connectivity index (χ4v) is 2.05. The lowest BCUT2D eigenvalue weighted by atomic mass is 9.91. The van der Waals surface area contributed by atoms with E-state index in [0.29, 0.717) is 6.54 Å². The molecule has 1 unspecified atom stereocenters. The van der Waals surface area contributed by atoms with Crippen molar-refractivity contribution in [3.05, 3.63) is 0 Å². The van der Waals surface area contributed by atoms with Gasteiger partial charge in [-0.25, -0.2) is 0 Å². The second-order valence-electron chi connectivity index (χ2n) is 4.85. The van der Waals surface area contributed by atoms with E-state index >= 15 is 0 Å². The lowest BCUT2D eigenvalue weighted by Crippen LogP contribution is -2.46. The number of hydrogen-bond acceptors (Lipinski definition) is 3. The molecular formula is C11H21N3O2. The van der Waals surface area contributed by atoms with E-state index in [1.54, 1.807) is 19.0 Å². The number of carbonyl (C=O) groups excluding carboxylic acids is 2. The molecule has 2 amide bonds. The molecule has 1 fully saturated rings. The van der Waals surface area contributed by atoms with Crippen LogP contribution in [0.1, 0.15) is 20.3 Å². The summed E-state index contributed by atoms with van der Waals surface area (Å²) >= 11 is 0. The fourth-order valence-electron chi connectivity index (χ4n) is 2.05. The number of amides is 2. The van der Waals surface area contributed by atoms with E-state index in [9.17, 15) is 9.59 Å². The molecule has 2 N–H and O–H groups in total. The predicted molar refractivity (Wildman–Crippen MR) is 61.9 cm³/mol. The zero-order chi connectivity index (χ0) is 12.3. The first kappa shape index (κ1) is 13.0. The molecule has 1 aliphatic rings. The molecule has 0 saturated carbocycles. The minimum Gasteiger partial charge on any atom is -0.359 e. The van der Waals surface area contributed by atoms with Gasteiger partial charge >= 0.3 is 0 Å². The monoisotopic (exact) mass is 227 g/mol. The van der Waals surface area contributed by atoms with E-state index in [0.717, 1.165) is 13.0 Å². The summed E-state index contributed by atoms with van der Waals surface area (Å²) in [5.74, 6) is 0.0627. The Balaban J connectivity index is 2.62. The van der Waals surface area contributed by atoms with Crippen LogP contribution in [0.25, 0.3) is 0 Å². The van der Waals surface area contributed by atoms with Gasteiger partial charge in [0.25, 0.3) is 0 Å². The maximum absolute atomic E-state index is 11.9. The summed E-state index contributed by atoms with van der Waals surface area (Å²) in [5, 5.41) is 5.61. The van der Waals surface area contributed by atoms with Gasteiger partial charge in [-0.15, -0.1) is 0 Å². The van der Waals surface area contributed by atoms with Crippen LogP contribution in [0, 0.1) is 5.41 Å². The molecule has 0 spiro atoms. The van der Waals surface area contributed by atoms with Gasteiger partial charge in [0.15, 0.2) is 0 Å². The van der Waals surface area contributed by atoms with Gasteiger partial charge in [0.1, 0.15) is 0 Å². The number of hydrogen-bond donors (Lipinski definition) is 2. The first-order valence-electron chi connectivity index (χ1n) is 5.60. The van der Waals surface area contributed by atoms with E-state index in [1.165, 1.54) is 0 Å². The van der Waals surface area contributed by atoms with Crippen molar-refractivity contribution in [2.24, 2.45) is 5.41 Å². The van der Waals surface area contributed by atoms with Crippen LogP contribution in [-0.2, 0) is 9.59 Å². The van der Waals surface area contributed by atoms with Crippen molar-refractivity contribution in [1.29, 1.82) is 0 Å². The summed E-state index contributed by atoms with van der Waals surface area (Å²) in [6.45, 7) is 4.91. The minimum absolute atomic E-state index is 0.0341. The Labute approximate surface area is 96.6 Å². The zero-order valence-corrected chi connectivity index (χ0v) is 10.5. The molecule has 16 heavy (non-hydrogen) atoms. The van der Waals surface area contributed by atoms with Crippen LogP contribution in [0.4, 0.5) is 0 Å². The summed E-state index contributed by atoms with van der Waals surface area (Å²) in [5.41, 5.74) is -0.535. The maximum atomic E-state index is 11.9. The van der Waals surface area contributed by atoms with Crippen molar-refractivity contribution in [2.45, 2.75) is 26.3 Å². The van der Waals surface area contributed by atoms with Crippen LogP contribution < -0.4 is 10.6 Å². The highest BCUT2D eigenvalue weighted by Gasteiger charge is 2.36. The molecule has 0 aromatic carbocycles. The van der Waals surface area contributed by atoms with E-state index in [2.05, 4.69) is 10.6 Å². The predicted octanol–water partition coefficient (Wildman–Crippen LogP) is -0.421. The first-order chi connectivity index (χ1) is 7.42. The summed E-state index contributed by atoms with van der Waals surface area (Å²) in [4.78, 5) is 25.2. The van der Waals surface area contributed by atoms with Gasteiger partial charge in [0.05, 0.1) is 11.5 Å². The number of nitrogens with one attached hydrogen (secondary N) is 2. The smallest absolute Gasteiger partial charge is 0.239 e. The third-order valence-electron chi connectivity index (χ3n) is 3.07. The van der Waals surface area contributed by atoms with Crippen molar-refractivity contribution in [1.82, 2.24) is 15.5 Å². The Morgan fingerprint density at radius 2 is 2.12 bits per heavy atom. The Morgan fingerprint density at radius 3 is 2.56 bits per heavy atom. The van der Waals surface area contributed by atoms with Crippen LogP contribution in [0.3, 0.4) is 0 Å². The average Bonchev–Trinajstić information content (AvgIpc) is 2.58. The summed E-state index contributed by atoms with van der Waals surface area (Å²) < 4.78 is 0. The van der Waals surface area contributed by atoms with Gasteiger partial charge < -0.3 is 15.5 Å². The molecule has 0 radical (unpaired) electrons. The highest BCUT2D eigenvalue weighted by molar-refractivity contribution is 5.86. The molecule has 0 bridgehead atoms.